The van der Waals surface area contributed by atoms with Gasteiger partial charge in [-0.1, -0.05) is 48.5 Å². The van der Waals surface area contributed by atoms with E-state index in [1.165, 1.54) is 0 Å². The predicted molar refractivity (Wildman–Crippen MR) is 81.2 cm³/mol. The molecule has 0 aliphatic rings. The number of rotatable bonds is 3. The molecule has 0 saturated heterocycles. The van der Waals surface area contributed by atoms with Crippen LogP contribution >= 0.6 is 0 Å². The number of phenolic OH excluding ortho intramolecular Hbond substituents is 1. The van der Waals surface area contributed by atoms with E-state index >= 15 is 0 Å². The minimum Gasteiger partial charge on any atom is -0.506 e. The summed E-state index contributed by atoms with van der Waals surface area (Å²) < 4.78 is 0. The summed E-state index contributed by atoms with van der Waals surface area (Å²) in [5.41, 5.74) is 1.51. The van der Waals surface area contributed by atoms with Crippen LogP contribution in [0.25, 0.3) is 10.8 Å². The zero-order valence-corrected chi connectivity index (χ0v) is 11.2. The number of anilines is 2. The summed E-state index contributed by atoms with van der Waals surface area (Å²) in [5, 5.41) is 13.9. The summed E-state index contributed by atoms with van der Waals surface area (Å²) in [7, 11) is 1.59. The highest BCUT2D eigenvalue weighted by Gasteiger charge is 2.16. The molecule has 0 aliphatic heterocycles. The third kappa shape index (κ3) is 2.08. The molecule has 0 bridgehead atoms. The molecule has 0 radical (unpaired) electrons. The molecule has 0 atom stereocenters. The minimum absolute atomic E-state index is 0.189. The van der Waals surface area contributed by atoms with Crippen molar-refractivity contribution < 1.29 is 9.94 Å². The van der Waals surface area contributed by atoms with Crippen molar-refractivity contribution in [1.29, 1.82) is 0 Å². The maximum atomic E-state index is 10.2. The van der Waals surface area contributed by atoms with Gasteiger partial charge in [-0.2, -0.15) is 0 Å². The third-order valence-electron chi connectivity index (χ3n) is 3.26. The maximum Gasteiger partial charge on any atom is 0.142 e. The summed E-state index contributed by atoms with van der Waals surface area (Å²) in [5.74, 6) is 0.189. The topological polar surface area (TPSA) is 32.7 Å². The van der Waals surface area contributed by atoms with Crippen molar-refractivity contribution in [2.45, 2.75) is 0 Å². The average molecular weight is 265 g/mol. The van der Waals surface area contributed by atoms with Crippen molar-refractivity contribution in [3.05, 3.63) is 66.7 Å². The average Bonchev–Trinajstić information content (AvgIpc) is 2.51. The van der Waals surface area contributed by atoms with Gasteiger partial charge in [-0.05, 0) is 23.6 Å². The van der Waals surface area contributed by atoms with Crippen LogP contribution in [0.5, 0.6) is 5.75 Å². The highest BCUT2D eigenvalue weighted by atomic mass is 16.7. The Morgan fingerprint density at radius 3 is 2.30 bits per heavy atom. The lowest BCUT2D eigenvalue weighted by atomic mass is 10.1. The van der Waals surface area contributed by atoms with E-state index in [0.29, 0.717) is 5.69 Å². The predicted octanol–water partition coefficient (Wildman–Crippen LogP) is 4.24. The number of phenols is 1. The van der Waals surface area contributed by atoms with Gasteiger partial charge >= 0.3 is 0 Å². The monoisotopic (exact) mass is 265 g/mol. The summed E-state index contributed by atoms with van der Waals surface area (Å²) in [6.45, 7) is 0. The van der Waals surface area contributed by atoms with Gasteiger partial charge in [0.2, 0.25) is 0 Å². The van der Waals surface area contributed by atoms with Crippen molar-refractivity contribution in [2.75, 3.05) is 12.2 Å². The quantitative estimate of drug-likeness (QED) is 0.719. The van der Waals surface area contributed by atoms with Crippen LogP contribution in [0, 0.1) is 0 Å². The van der Waals surface area contributed by atoms with Crippen LogP contribution in [0.3, 0.4) is 0 Å². The number of para-hydroxylation sites is 1. The summed E-state index contributed by atoms with van der Waals surface area (Å²) in [6, 6.07) is 21.2. The van der Waals surface area contributed by atoms with E-state index in [9.17, 15) is 5.11 Å². The first kappa shape index (κ1) is 12.5. The van der Waals surface area contributed by atoms with E-state index in [1.807, 2.05) is 60.7 Å². The standard InChI is InChI=1S/C17H15NO2/c1-20-18(14-8-3-2-4-9-14)17-15-10-6-5-7-13(15)11-12-16(17)19/h2-12,19H,1H3. The third-order valence-corrected chi connectivity index (χ3v) is 3.26. The molecule has 0 fully saturated rings. The second-order valence-corrected chi connectivity index (χ2v) is 4.47. The first-order chi connectivity index (χ1) is 9.81. The smallest absolute Gasteiger partial charge is 0.142 e. The molecule has 0 heterocycles. The second kappa shape index (κ2) is 5.23. The molecule has 0 aliphatic carbocycles. The van der Waals surface area contributed by atoms with Crippen LogP contribution in [0.15, 0.2) is 66.7 Å². The Morgan fingerprint density at radius 1 is 0.850 bits per heavy atom. The lowest BCUT2D eigenvalue weighted by Gasteiger charge is -2.24. The van der Waals surface area contributed by atoms with Gasteiger partial charge in [-0.15, -0.1) is 0 Å². The van der Waals surface area contributed by atoms with Gasteiger partial charge in [0.05, 0.1) is 12.8 Å². The van der Waals surface area contributed by atoms with Crippen molar-refractivity contribution in [3.63, 3.8) is 0 Å². The van der Waals surface area contributed by atoms with Gasteiger partial charge in [0.25, 0.3) is 0 Å². The van der Waals surface area contributed by atoms with E-state index in [0.717, 1.165) is 16.5 Å². The van der Waals surface area contributed by atoms with Gasteiger partial charge in [0, 0.05) is 5.39 Å². The lowest BCUT2D eigenvalue weighted by molar-refractivity contribution is 0.200. The molecule has 1 N–H and O–H groups in total. The molecular formula is C17H15NO2. The molecule has 0 amide bonds. The van der Waals surface area contributed by atoms with E-state index in [-0.39, 0.29) is 5.75 Å². The van der Waals surface area contributed by atoms with Crippen LogP contribution in [0.4, 0.5) is 11.4 Å². The van der Waals surface area contributed by atoms with Crippen LogP contribution in [-0.4, -0.2) is 12.2 Å². The fourth-order valence-electron chi connectivity index (χ4n) is 2.35. The van der Waals surface area contributed by atoms with E-state index in [2.05, 4.69) is 0 Å². The Balaban J connectivity index is 2.24. The maximum absolute atomic E-state index is 10.2. The number of nitrogens with zero attached hydrogens (tertiary/aromatic N) is 1. The Hall–Kier alpha value is -2.52. The molecule has 100 valence electrons. The summed E-state index contributed by atoms with van der Waals surface area (Å²) in [4.78, 5) is 5.48. The van der Waals surface area contributed by atoms with Crippen molar-refractivity contribution in [1.82, 2.24) is 0 Å². The Morgan fingerprint density at radius 2 is 1.55 bits per heavy atom. The molecule has 0 aromatic heterocycles. The SMILES string of the molecule is CON(c1ccccc1)c1c(O)ccc2ccccc12. The normalized spacial score (nSPS) is 10.7. The van der Waals surface area contributed by atoms with Gasteiger partial charge in [-0.3, -0.25) is 4.84 Å². The Labute approximate surface area is 117 Å². The van der Waals surface area contributed by atoms with Crippen LogP contribution in [-0.2, 0) is 4.84 Å². The zero-order valence-electron chi connectivity index (χ0n) is 11.2. The fraction of sp³-hybridized carbons (Fsp3) is 0.0588. The van der Waals surface area contributed by atoms with Crippen LogP contribution in [0.2, 0.25) is 0 Å². The molecule has 20 heavy (non-hydrogen) atoms. The number of hydrogen-bond acceptors (Lipinski definition) is 3. The van der Waals surface area contributed by atoms with Gasteiger partial charge in [0.15, 0.2) is 0 Å². The zero-order chi connectivity index (χ0) is 13.9. The fourth-order valence-corrected chi connectivity index (χ4v) is 2.35. The molecule has 3 rings (SSSR count). The molecule has 3 nitrogen and oxygen atoms in total. The Kier molecular flexibility index (Phi) is 3.27. The van der Waals surface area contributed by atoms with E-state index in [4.69, 9.17) is 4.84 Å². The summed E-state index contributed by atoms with van der Waals surface area (Å²) >= 11 is 0. The van der Waals surface area contributed by atoms with Crippen molar-refractivity contribution >= 4 is 22.1 Å². The van der Waals surface area contributed by atoms with Gasteiger partial charge in [0.1, 0.15) is 11.4 Å². The summed E-state index contributed by atoms with van der Waals surface area (Å²) in [6.07, 6.45) is 0. The number of fused-ring (bicyclic) bond motifs is 1. The Bertz CT molecular complexity index is 725. The number of hydrogen-bond donors (Lipinski definition) is 1. The highest BCUT2D eigenvalue weighted by molar-refractivity contribution is 5.98. The molecular weight excluding hydrogens is 250 g/mol. The second-order valence-electron chi connectivity index (χ2n) is 4.47. The van der Waals surface area contributed by atoms with Crippen molar-refractivity contribution in [2.24, 2.45) is 0 Å². The highest BCUT2D eigenvalue weighted by Crippen LogP contribution is 2.39. The molecule has 0 unspecified atom stereocenters. The number of benzene rings is 3. The van der Waals surface area contributed by atoms with Crippen LogP contribution < -0.4 is 5.06 Å². The van der Waals surface area contributed by atoms with Gasteiger partial charge < -0.3 is 5.11 Å². The molecule has 0 saturated carbocycles. The number of aromatic hydroxyl groups is 1. The van der Waals surface area contributed by atoms with Crippen molar-refractivity contribution in [3.8, 4) is 5.75 Å². The first-order valence-electron chi connectivity index (χ1n) is 6.41. The lowest BCUT2D eigenvalue weighted by Crippen LogP contribution is -2.15. The van der Waals surface area contributed by atoms with Crippen LogP contribution in [0.1, 0.15) is 0 Å². The molecule has 3 aromatic rings. The molecule has 3 aromatic carbocycles. The minimum atomic E-state index is 0.189. The largest absolute Gasteiger partial charge is 0.506 e. The first-order valence-corrected chi connectivity index (χ1v) is 6.41. The molecule has 0 spiro atoms. The molecule has 3 heteroatoms. The van der Waals surface area contributed by atoms with E-state index in [1.54, 1.807) is 18.2 Å². The van der Waals surface area contributed by atoms with Gasteiger partial charge in [-0.25, -0.2) is 5.06 Å². The van der Waals surface area contributed by atoms with E-state index < -0.39 is 0 Å².